The van der Waals surface area contributed by atoms with Crippen LogP contribution in [0.3, 0.4) is 0 Å². The Labute approximate surface area is 148 Å². The molecule has 1 aromatic carbocycles. The van der Waals surface area contributed by atoms with Gasteiger partial charge < -0.3 is 20.5 Å². The largest absolute Gasteiger partial charge is 0.548 e. The van der Waals surface area contributed by atoms with E-state index >= 15 is 0 Å². The maximum Gasteiger partial charge on any atom is 0.315 e. The third kappa shape index (κ3) is 3.51. The lowest BCUT2D eigenvalue weighted by molar-refractivity contribution is -0.308. The lowest BCUT2D eigenvalue weighted by atomic mass is 9.53. The van der Waals surface area contributed by atoms with Crippen molar-refractivity contribution in [2.45, 2.75) is 56.5 Å². The van der Waals surface area contributed by atoms with Crippen LogP contribution in [0.25, 0.3) is 0 Å². The number of aliphatic carboxylic acids is 1. The SMILES string of the molecule is O=C(N[C@H](Cc1ccccc1)C(=O)[O-])NC12CC3CC(CC(C3)C1)C2. The maximum atomic E-state index is 12.5. The molecular weight excluding hydrogens is 316 g/mol. The normalized spacial score (nSPS) is 33.7. The van der Waals surface area contributed by atoms with E-state index < -0.39 is 12.0 Å². The van der Waals surface area contributed by atoms with E-state index in [9.17, 15) is 14.7 Å². The molecule has 4 saturated carbocycles. The highest BCUT2D eigenvalue weighted by Gasteiger charge is 2.51. The molecule has 0 aliphatic heterocycles. The molecule has 4 aliphatic carbocycles. The quantitative estimate of drug-likeness (QED) is 0.854. The number of carboxylic acid groups (broad SMARTS) is 1. The number of carbonyl (C=O) groups is 2. The van der Waals surface area contributed by atoms with Crippen LogP contribution in [0.4, 0.5) is 4.79 Å². The molecule has 25 heavy (non-hydrogen) atoms. The fraction of sp³-hybridized carbons (Fsp3) is 0.600. The summed E-state index contributed by atoms with van der Waals surface area (Å²) in [7, 11) is 0. The number of carbonyl (C=O) groups excluding carboxylic acids is 2. The van der Waals surface area contributed by atoms with Gasteiger partial charge in [0.15, 0.2) is 0 Å². The van der Waals surface area contributed by atoms with Gasteiger partial charge in [-0.3, -0.25) is 0 Å². The molecule has 0 saturated heterocycles. The van der Waals surface area contributed by atoms with Crippen molar-refractivity contribution in [2.24, 2.45) is 17.8 Å². The van der Waals surface area contributed by atoms with Crippen molar-refractivity contribution in [2.75, 3.05) is 0 Å². The summed E-state index contributed by atoms with van der Waals surface area (Å²) in [5.74, 6) is 0.943. The Morgan fingerprint density at radius 3 is 2.12 bits per heavy atom. The summed E-state index contributed by atoms with van der Waals surface area (Å²) in [6.45, 7) is 0. The lowest BCUT2D eigenvalue weighted by Gasteiger charge is -2.56. The molecule has 1 aromatic rings. The molecule has 0 spiro atoms. The first kappa shape index (κ1) is 16.4. The van der Waals surface area contributed by atoms with Gasteiger partial charge >= 0.3 is 6.03 Å². The Morgan fingerprint density at radius 2 is 1.60 bits per heavy atom. The summed E-state index contributed by atoms with van der Waals surface area (Å²) in [6.07, 6.45) is 7.27. The third-order valence-corrected chi connectivity index (χ3v) is 6.29. The number of hydrogen-bond donors (Lipinski definition) is 2. The van der Waals surface area contributed by atoms with Crippen molar-refractivity contribution in [3.05, 3.63) is 35.9 Å². The summed E-state index contributed by atoms with van der Waals surface area (Å²) in [5, 5.41) is 17.2. The lowest BCUT2D eigenvalue weighted by Crippen LogP contribution is -2.63. The molecule has 0 heterocycles. The van der Waals surface area contributed by atoms with E-state index in [4.69, 9.17) is 0 Å². The van der Waals surface area contributed by atoms with Gasteiger partial charge in [-0.2, -0.15) is 0 Å². The number of urea groups is 1. The van der Waals surface area contributed by atoms with Crippen LogP contribution in [-0.2, 0) is 11.2 Å². The van der Waals surface area contributed by atoms with Crippen LogP contribution < -0.4 is 15.7 Å². The average molecular weight is 341 g/mol. The number of carboxylic acids is 1. The van der Waals surface area contributed by atoms with Crippen molar-refractivity contribution in [3.8, 4) is 0 Å². The third-order valence-electron chi connectivity index (χ3n) is 6.29. The van der Waals surface area contributed by atoms with Gasteiger partial charge in [-0.1, -0.05) is 30.3 Å². The summed E-state index contributed by atoms with van der Waals surface area (Å²) < 4.78 is 0. The van der Waals surface area contributed by atoms with E-state index in [0.717, 1.165) is 42.6 Å². The number of hydrogen-bond acceptors (Lipinski definition) is 3. The highest BCUT2D eigenvalue weighted by Crippen LogP contribution is 2.55. The Morgan fingerprint density at radius 1 is 1.04 bits per heavy atom. The van der Waals surface area contributed by atoms with Crippen LogP contribution >= 0.6 is 0 Å². The first-order valence-electron chi connectivity index (χ1n) is 9.35. The number of rotatable bonds is 5. The first-order chi connectivity index (χ1) is 12.0. The standard InChI is InChI=1S/C20H26N2O3/c23-18(24)17(9-13-4-2-1-3-5-13)21-19(25)22-20-10-14-6-15(11-20)8-16(7-14)12-20/h1-5,14-17H,6-12H2,(H,23,24)(H2,21,22,25)/p-1/t14?,15?,16?,17-,20?/m1/s1. The summed E-state index contributed by atoms with van der Waals surface area (Å²) in [4.78, 5) is 24.0. The Kier molecular flexibility index (Phi) is 4.18. The summed E-state index contributed by atoms with van der Waals surface area (Å²) in [5.41, 5.74) is 0.744. The molecule has 5 nitrogen and oxygen atoms in total. The second-order valence-electron chi connectivity index (χ2n) is 8.36. The highest BCUT2D eigenvalue weighted by atomic mass is 16.4. The fourth-order valence-corrected chi connectivity index (χ4v) is 5.74. The fourth-order valence-electron chi connectivity index (χ4n) is 5.74. The highest BCUT2D eigenvalue weighted by molar-refractivity contribution is 5.82. The molecule has 134 valence electrons. The van der Waals surface area contributed by atoms with Crippen molar-refractivity contribution >= 4 is 12.0 Å². The van der Waals surface area contributed by atoms with Gasteiger partial charge in [0, 0.05) is 5.54 Å². The zero-order valence-electron chi connectivity index (χ0n) is 14.4. The predicted octanol–water partition coefficient (Wildman–Crippen LogP) is 1.62. The molecule has 4 bridgehead atoms. The number of nitrogens with one attached hydrogen (secondary N) is 2. The zero-order valence-corrected chi connectivity index (χ0v) is 14.4. The van der Waals surface area contributed by atoms with E-state index in [-0.39, 0.29) is 18.0 Å². The van der Waals surface area contributed by atoms with Gasteiger partial charge in [0.05, 0.1) is 12.0 Å². The molecular formula is C20H25N2O3-. The van der Waals surface area contributed by atoms with Gasteiger partial charge in [-0.15, -0.1) is 0 Å². The monoisotopic (exact) mass is 341 g/mol. The molecule has 0 radical (unpaired) electrons. The van der Waals surface area contributed by atoms with E-state index in [1.807, 2.05) is 30.3 Å². The van der Waals surface area contributed by atoms with Gasteiger partial charge in [0.1, 0.15) is 0 Å². The van der Waals surface area contributed by atoms with Crippen LogP contribution in [0.1, 0.15) is 44.1 Å². The van der Waals surface area contributed by atoms with E-state index in [2.05, 4.69) is 10.6 Å². The number of amides is 2. The van der Waals surface area contributed by atoms with Gasteiger partial charge in [0.2, 0.25) is 0 Å². The first-order valence-corrected chi connectivity index (χ1v) is 9.35. The summed E-state index contributed by atoms with van der Waals surface area (Å²) >= 11 is 0. The molecule has 4 aliphatic rings. The second-order valence-corrected chi connectivity index (χ2v) is 8.36. The zero-order chi connectivity index (χ0) is 17.4. The van der Waals surface area contributed by atoms with Gasteiger partial charge in [-0.05, 0) is 68.3 Å². The minimum Gasteiger partial charge on any atom is -0.548 e. The topological polar surface area (TPSA) is 81.3 Å². The Balaban J connectivity index is 1.39. The molecule has 5 heteroatoms. The van der Waals surface area contributed by atoms with E-state index in [0.29, 0.717) is 0 Å². The predicted molar refractivity (Wildman–Crippen MR) is 91.5 cm³/mol. The smallest absolute Gasteiger partial charge is 0.315 e. The van der Waals surface area contributed by atoms with E-state index in [1.54, 1.807) is 0 Å². The van der Waals surface area contributed by atoms with Crippen LogP contribution in [-0.4, -0.2) is 23.6 Å². The van der Waals surface area contributed by atoms with Crippen LogP contribution in [0, 0.1) is 17.8 Å². The molecule has 0 unspecified atom stereocenters. The average Bonchev–Trinajstić information content (AvgIpc) is 2.53. The second kappa shape index (κ2) is 6.36. The van der Waals surface area contributed by atoms with Crippen LogP contribution in [0.5, 0.6) is 0 Å². The molecule has 2 N–H and O–H groups in total. The van der Waals surface area contributed by atoms with Crippen molar-refractivity contribution in [1.29, 1.82) is 0 Å². The van der Waals surface area contributed by atoms with Crippen molar-refractivity contribution < 1.29 is 14.7 Å². The molecule has 5 rings (SSSR count). The van der Waals surface area contributed by atoms with Crippen molar-refractivity contribution in [3.63, 3.8) is 0 Å². The Hall–Kier alpha value is -2.04. The van der Waals surface area contributed by atoms with Crippen molar-refractivity contribution in [1.82, 2.24) is 10.6 Å². The van der Waals surface area contributed by atoms with E-state index in [1.165, 1.54) is 19.3 Å². The summed E-state index contributed by atoms with van der Waals surface area (Å²) in [6, 6.07) is 7.92. The van der Waals surface area contributed by atoms with Crippen LogP contribution in [0.15, 0.2) is 30.3 Å². The Bertz CT molecular complexity index is 623. The van der Waals surface area contributed by atoms with Crippen LogP contribution in [0.2, 0.25) is 0 Å². The molecule has 1 atom stereocenters. The molecule has 2 amide bonds. The number of benzene rings is 1. The van der Waals surface area contributed by atoms with Gasteiger partial charge in [-0.25, -0.2) is 4.79 Å². The molecule has 0 aromatic heterocycles. The maximum absolute atomic E-state index is 12.5. The van der Waals surface area contributed by atoms with Gasteiger partial charge in [0.25, 0.3) is 0 Å². The molecule has 4 fully saturated rings. The minimum atomic E-state index is -1.25. The minimum absolute atomic E-state index is 0.123.